The lowest BCUT2D eigenvalue weighted by molar-refractivity contribution is -0.385. The van der Waals surface area contributed by atoms with Crippen LogP contribution in [0.3, 0.4) is 0 Å². The second kappa shape index (κ2) is 8.76. The van der Waals surface area contributed by atoms with Crippen LogP contribution in [0.1, 0.15) is 16.8 Å². The molecule has 1 amide bonds. The number of nitro groups is 1. The Bertz CT molecular complexity index is 1380. The Morgan fingerprint density at radius 1 is 1.09 bits per heavy atom. The van der Waals surface area contributed by atoms with Crippen molar-refractivity contribution < 1.29 is 9.72 Å². The number of fused-ring (bicyclic) bond motifs is 1. The van der Waals surface area contributed by atoms with Crippen molar-refractivity contribution in [3.63, 3.8) is 0 Å². The largest absolute Gasteiger partial charge is 0.324 e. The van der Waals surface area contributed by atoms with Crippen molar-refractivity contribution >= 4 is 28.1 Å². The fourth-order valence-corrected chi connectivity index (χ4v) is 3.52. The van der Waals surface area contributed by atoms with Gasteiger partial charge in [-0.1, -0.05) is 30.3 Å². The van der Waals surface area contributed by atoms with Crippen molar-refractivity contribution in [2.45, 2.75) is 19.9 Å². The maximum Gasteiger partial charge on any atom is 0.275 e. The number of amides is 1. The average Bonchev–Trinajstić information content (AvgIpc) is 2.79. The fraction of sp³-hybridized carbons (Fsp3) is 0.130. The normalized spacial score (nSPS) is 10.8. The summed E-state index contributed by atoms with van der Waals surface area (Å²) in [6, 6.07) is 15.3. The predicted octanol–water partition coefficient (Wildman–Crippen LogP) is 3.24. The summed E-state index contributed by atoms with van der Waals surface area (Å²) in [5.74, 6) is -0.509. The molecule has 0 aliphatic rings. The Labute approximate surface area is 182 Å². The van der Waals surface area contributed by atoms with E-state index in [0.29, 0.717) is 34.1 Å². The minimum atomic E-state index is -0.509. The molecule has 2 heterocycles. The number of pyridine rings is 1. The third-order valence-corrected chi connectivity index (χ3v) is 5.11. The van der Waals surface area contributed by atoms with E-state index in [1.54, 1.807) is 37.5 Å². The van der Waals surface area contributed by atoms with E-state index in [4.69, 9.17) is 0 Å². The quantitative estimate of drug-likeness (QED) is 0.371. The zero-order valence-corrected chi connectivity index (χ0v) is 17.2. The van der Waals surface area contributed by atoms with Crippen LogP contribution in [0.25, 0.3) is 10.8 Å². The molecule has 2 aromatic heterocycles. The monoisotopic (exact) mass is 429 g/mol. The van der Waals surface area contributed by atoms with Gasteiger partial charge in [0.1, 0.15) is 6.54 Å². The summed E-state index contributed by atoms with van der Waals surface area (Å²) in [7, 11) is 0. The van der Waals surface area contributed by atoms with Crippen LogP contribution in [0.4, 0.5) is 11.4 Å². The van der Waals surface area contributed by atoms with Crippen LogP contribution in [-0.2, 0) is 17.8 Å². The van der Waals surface area contributed by atoms with E-state index < -0.39 is 10.8 Å². The van der Waals surface area contributed by atoms with E-state index in [-0.39, 0.29) is 17.8 Å². The van der Waals surface area contributed by atoms with Gasteiger partial charge in [0.25, 0.3) is 11.2 Å². The third kappa shape index (κ3) is 4.22. The molecule has 0 unspecified atom stereocenters. The molecule has 4 aromatic rings. The van der Waals surface area contributed by atoms with E-state index in [0.717, 1.165) is 10.2 Å². The van der Waals surface area contributed by atoms with Gasteiger partial charge in [0.15, 0.2) is 0 Å². The number of hydrogen-bond donors (Lipinski definition) is 1. The van der Waals surface area contributed by atoms with Crippen molar-refractivity contribution in [2.75, 3.05) is 5.32 Å². The molecule has 0 bridgehead atoms. The van der Waals surface area contributed by atoms with Gasteiger partial charge in [-0.05, 0) is 30.7 Å². The number of carbonyl (C=O) groups is 1. The second-order valence-corrected chi connectivity index (χ2v) is 7.25. The maximum atomic E-state index is 13.0. The van der Waals surface area contributed by atoms with Crippen molar-refractivity contribution in [2.24, 2.45) is 0 Å². The Kier molecular flexibility index (Phi) is 5.71. The number of anilines is 1. The summed E-state index contributed by atoms with van der Waals surface area (Å²) in [5.41, 5.74) is 1.74. The first kappa shape index (κ1) is 20.9. The van der Waals surface area contributed by atoms with E-state index >= 15 is 0 Å². The van der Waals surface area contributed by atoms with Gasteiger partial charge in [0.2, 0.25) is 5.91 Å². The molecule has 9 nitrogen and oxygen atoms in total. The first-order valence-corrected chi connectivity index (χ1v) is 9.85. The Morgan fingerprint density at radius 2 is 1.88 bits per heavy atom. The number of rotatable bonds is 6. The van der Waals surface area contributed by atoms with E-state index in [1.807, 2.05) is 24.3 Å². The molecule has 0 saturated carbocycles. The van der Waals surface area contributed by atoms with Crippen LogP contribution in [-0.4, -0.2) is 25.6 Å². The van der Waals surface area contributed by atoms with E-state index in [9.17, 15) is 19.7 Å². The smallest absolute Gasteiger partial charge is 0.275 e. The van der Waals surface area contributed by atoms with Crippen molar-refractivity contribution in [1.29, 1.82) is 0 Å². The summed E-state index contributed by atoms with van der Waals surface area (Å²) in [4.78, 5) is 40.4. The molecule has 160 valence electrons. The first-order valence-electron chi connectivity index (χ1n) is 9.85. The van der Waals surface area contributed by atoms with Gasteiger partial charge in [-0.15, -0.1) is 0 Å². The molecule has 0 saturated heterocycles. The van der Waals surface area contributed by atoms with Gasteiger partial charge in [0.05, 0.1) is 27.3 Å². The summed E-state index contributed by atoms with van der Waals surface area (Å²) in [6.07, 6.45) is 3.85. The van der Waals surface area contributed by atoms with Gasteiger partial charge in [-0.25, -0.2) is 4.68 Å². The lowest BCUT2D eigenvalue weighted by atomic mass is 10.1. The van der Waals surface area contributed by atoms with Gasteiger partial charge < -0.3 is 5.32 Å². The molecule has 0 radical (unpaired) electrons. The molecule has 0 aliphatic carbocycles. The highest BCUT2D eigenvalue weighted by Crippen LogP contribution is 2.25. The Balaban J connectivity index is 1.67. The first-order chi connectivity index (χ1) is 15.4. The summed E-state index contributed by atoms with van der Waals surface area (Å²) in [6.45, 7) is 1.23. The zero-order valence-electron chi connectivity index (χ0n) is 17.2. The van der Waals surface area contributed by atoms with Crippen LogP contribution < -0.4 is 10.9 Å². The number of carbonyl (C=O) groups excluding carboxylic acids is 1. The molecular formula is C23H19N5O4. The molecule has 32 heavy (non-hydrogen) atoms. The highest BCUT2D eigenvalue weighted by atomic mass is 16.6. The summed E-state index contributed by atoms with van der Waals surface area (Å²) < 4.78 is 1.12. The minimum absolute atomic E-state index is 0.0949. The van der Waals surface area contributed by atoms with E-state index in [2.05, 4.69) is 15.4 Å². The lowest BCUT2D eigenvalue weighted by Gasteiger charge is -2.12. The van der Waals surface area contributed by atoms with Crippen LogP contribution in [0.15, 0.2) is 71.8 Å². The molecule has 4 rings (SSSR count). The molecular weight excluding hydrogens is 410 g/mol. The number of nitrogens with zero attached hydrogens (tertiary/aromatic N) is 4. The van der Waals surface area contributed by atoms with Crippen molar-refractivity contribution in [3.05, 3.63) is 104 Å². The number of benzene rings is 2. The van der Waals surface area contributed by atoms with E-state index in [1.165, 1.54) is 12.1 Å². The molecule has 0 aliphatic heterocycles. The van der Waals surface area contributed by atoms with Gasteiger partial charge >= 0.3 is 0 Å². The second-order valence-electron chi connectivity index (χ2n) is 7.25. The third-order valence-electron chi connectivity index (χ3n) is 5.11. The lowest BCUT2D eigenvalue weighted by Crippen LogP contribution is -2.31. The summed E-state index contributed by atoms with van der Waals surface area (Å²) >= 11 is 0. The van der Waals surface area contributed by atoms with Crippen molar-refractivity contribution in [1.82, 2.24) is 14.8 Å². The average molecular weight is 429 g/mol. The highest BCUT2D eigenvalue weighted by molar-refractivity contribution is 5.92. The molecule has 0 spiro atoms. The Morgan fingerprint density at radius 3 is 2.59 bits per heavy atom. The zero-order chi connectivity index (χ0) is 22.7. The number of nitro benzene ring substituents is 1. The number of nitrogens with one attached hydrogen (secondary N) is 1. The SMILES string of the molecule is Cc1c(NC(=O)Cn2nc(Cc3cccnc3)c3ccccc3c2=O)cccc1[N+](=O)[O-]. The van der Waals surface area contributed by atoms with Gasteiger partial charge in [0, 0.05) is 30.3 Å². The van der Waals surface area contributed by atoms with Crippen LogP contribution in [0, 0.1) is 17.0 Å². The minimum Gasteiger partial charge on any atom is -0.324 e. The topological polar surface area (TPSA) is 120 Å². The Hall–Kier alpha value is -4.40. The standard InChI is InChI=1S/C23H19N5O4/c1-15-19(9-4-10-21(15)28(31)32)25-22(29)14-27-23(30)18-8-3-2-7-17(18)20(26-27)12-16-6-5-11-24-13-16/h2-11,13H,12,14H2,1H3,(H,25,29). The van der Waals surface area contributed by atoms with Gasteiger partial charge in [-0.2, -0.15) is 5.10 Å². The molecule has 0 atom stereocenters. The van der Waals surface area contributed by atoms with Crippen LogP contribution in [0.5, 0.6) is 0 Å². The maximum absolute atomic E-state index is 13.0. The molecule has 9 heteroatoms. The molecule has 0 fully saturated rings. The fourth-order valence-electron chi connectivity index (χ4n) is 3.52. The highest BCUT2D eigenvalue weighted by Gasteiger charge is 2.17. The molecule has 1 N–H and O–H groups in total. The van der Waals surface area contributed by atoms with Gasteiger partial charge in [-0.3, -0.25) is 24.7 Å². The van der Waals surface area contributed by atoms with Crippen molar-refractivity contribution in [3.8, 4) is 0 Å². The van der Waals surface area contributed by atoms with Crippen LogP contribution in [0.2, 0.25) is 0 Å². The van der Waals surface area contributed by atoms with Crippen LogP contribution >= 0.6 is 0 Å². The molecule has 2 aromatic carbocycles. The number of aromatic nitrogens is 3. The number of hydrogen-bond acceptors (Lipinski definition) is 6. The summed E-state index contributed by atoms with van der Waals surface area (Å²) in [5, 5.41) is 19.4. The predicted molar refractivity (Wildman–Crippen MR) is 120 cm³/mol.